The molecule has 0 saturated heterocycles. The van der Waals surface area contributed by atoms with Gasteiger partial charge in [-0.2, -0.15) is 5.26 Å². The first kappa shape index (κ1) is 14.0. The monoisotopic (exact) mass is 335 g/mol. The van der Waals surface area contributed by atoms with E-state index in [1.54, 1.807) is 12.1 Å². The van der Waals surface area contributed by atoms with Crippen LogP contribution in [0.25, 0.3) is 0 Å². The van der Waals surface area contributed by atoms with Crippen LogP contribution >= 0.6 is 15.9 Å². The zero-order valence-corrected chi connectivity index (χ0v) is 11.5. The van der Waals surface area contributed by atoms with Gasteiger partial charge in [0.2, 0.25) is 0 Å². The van der Waals surface area contributed by atoms with E-state index in [2.05, 4.69) is 21.2 Å². The quantitative estimate of drug-likeness (QED) is 0.676. The molecule has 1 N–H and O–H groups in total. The van der Waals surface area contributed by atoms with Crippen molar-refractivity contribution in [3.8, 4) is 6.07 Å². The first-order chi connectivity index (χ1) is 9.52. The predicted molar refractivity (Wildman–Crippen MR) is 75.2 cm³/mol. The maximum absolute atomic E-state index is 13.5. The van der Waals surface area contributed by atoms with Crippen molar-refractivity contribution in [1.29, 1.82) is 5.26 Å². The lowest BCUT2D eigenvalue weighted by atomic mass is 10.1. The van der Waals surface area contributed by atoms with Gasteiger partial charge in [0.1, 0.15) is 23.1 Å². The van der Waals surface area contributed by atoms with Gasteiger partial charge in [-0.1, -0.05) is 22.0 Å². The first-order valence-corrected chi connectivity index (χ1v) is 6.22. The van der Waals surface area contributed by atoms with E-state index >= 15 is 0 Å². The number of nitrogens with zero attached hydrogens (tertiary/aromatic N) is 2. The first-order valence-electron chi connectivity index (χ1n) is 5.42. The number of halogens is 2. The van der Waals surface area contributed by atoms with Crippen molar-refractivity contribution < 1.29 is 9.31 Å². The summed E-state index contributed by atoms with van der Waals surface area (Å²) < 4.78 is 14.0. The lowest BCUT2D eigenvalue weighted by molar-refractivity contribution is -0.384. The predicted octanol–water partition coefficient (Wildman–Crippen LogP) is 4.11. The Bertz CT molecular complexity index is 728. The van der Waals surface area contributed by atoms with Gasteiger partial charge >= 0.3 is 0 Å². The maximum Gasteiger partial charge on any atom is 0.293 e. The topological polar surface area (TPSA) is 79.0 Å². The molecule has 0 heterocycles. The van der Waals surface area contributed by atoms with Crippen molar-refractivity contribution in [2.24, 2.45) is 0 Å². The molecule has 0 aromatic heterocycles. The molecule has 0 aliphatic heterocycles. The summed E-state index contributed by atoms with van der Waals surface area (Å²) in [5.74, 6) is -0.683. The van der Waals surface area contributed by atoms with Gasteiger partial charge in [0, 0.05) is 10.5 Å². The molecule has 5 nitrogen and oxygen atoms in total. The molecule has 0 unspecified atom stereocenters. The molecule has 2 aromatic carbocycles. The van der Waals surface area contributed by atoms with Crippen LogP contribution in [0.4, 0.5) is 21.5 Å². The molecule has 0 aliphatic rings. The molecular weight excluding hydrogens is 329 g/mol. The highest BCUT2D eigenvalue weighted by Crippen LogP contribution is 2.31. The molecule has 0 aliphatic carbocycles. The van der Waals surface area contributed by atoms with Gasteiger partial charge in [0.25, 0.3) is 5.69 Å². The number of hydrogen-bond acceptors (Lipinski definition) is 4. The number of benzene rings is 2. The largest absolute Gasteiger partial charge is 0.349 e. The summed E-state index contributed by atoms with van der Waals surface area (Å²) in [5.41, 5.74) is -0.00420. The van der Waals surface area contributed by atoms with E-state index in [0.717, 1.165) is 6.07 Å². The van der Waals surface area contributed by atoms with Crippen LogP contribution in [0, 0.1) is 27.3 Å². The molecule has 7 heteroatoms. The third kappa shape index (κ3) is 2.75. The van der Waals surface area contributed by atoms with E-state index in [9.17, 15) is 14.5 Å². The van der Waals surface area contributed by atoms with Gasteiger partial charge in [0.15, 0.2) is 0 Å². The summed E-state index contributed by atoms with van der Waals surface area (Å²) in [7, 11) is 0. The Morgan fingerprint density at radius 2 is 2.05 bits per heavy atom. The van der Waals surface area contributed by atoms with Gasteiger partial charge in [-0.15, -0.1) is 0 Å². The van der Waals surface area contributed by atoms with Gasteiger partial charge in [0.05, 0.1) is 10.6 Å². The van der Waals surface area contributed by atoms with E-state index in [0.29, 0.717) is 4.47 Å². The highest BCUT2D eigenvalue weighted by molar-refractivity contribution is 9.10. The summed E-state index contributed by atoms with van der Waals surface area (Å²) >= 11 is 3.15. The summed E-state index contributed by atoms with van der Waals surface area (Å²) in [6.45, 7) is 0. The van der Waals surface area contributed by atoms with Crippen molar-refractivity contribution in [3.63, 3.8) is 0 Å². The number of nitro groups is 1. The Hall–Kier alpha value is -2.46. The Balaban J connectivity index is 2.49. The lowest BCUT2D eigenvalue weighted by Gasteiger charge is -2.09. The fraction of sp³-hybridized carbons (Fsp3) is 0. The van der Waals surface area contributed by atoms with E-state index in [1.807, 2.05) is 0 Å². The molecule has 0 saturated carbocycles. The third-order valence-corrected chi connectivity index (χ3v) is 3.04. The molecule has 100 valence electrons. The van der Waals surface area contributed by atoms with Crippen LogP contribution < -0.4 is 5.32 Å². The van der Waals surface area contributed by atoms with Gasteiger partial charge in [-0.05, 0) is 24.3 Å². The fourth-order valence-corrected chi connectivity index (χ4v) is 2.00. The number of nitriles is 1. The van der Waals surface area contributed by atoms with Crippen molar-refractivity contribution in [1.82, 2.24) is 0 Å². The number of nitrogens with one attached hydrogen (secondary N) is 1. The Morgan fingerprint density at radius 3 is 2.70 bits per heavy atom. The number of nitro benzene ring substituents is 1. The normalized spacial score (nSPS) is 9.85. The van der Waals surface area contributed by atoms with Crippen LogP contribution in [0.5, 0.6) is 0 Å². The van der Waals surface area contributed by atoms with Crippen LogP contribution in [-0.4, -0.2) is 4.92 Å². The van der Waals surface area contributed by atoms with Crippen LogP contribution in [0.3, 0.4) is 0 Å². The summed E-state index contributed by atoms with van der Waals surface area (Å²) in [6.07, 6.45) is 0. The molecule has 2 aromatic rings. The molecule has 0 amide bonds. The van der Waals surface area contributed by atoms with Crippen molar-refractivity contribution in [2.45, 2.75) is 0 Å². The minimum absolute atomic E-state index is 0.174. The maximum atomic E-state index is 13.5. The van der Waals surface area contributed by atoms with E-state index in [4.69, 9.17) is 5.26 Å². The highest BCUT2D eigenvalue weighted by Gasteiger charge is 2.16. The van der Waals surface area contributed by atoms with Crippen LogP contribution in [-0.2, 0) is 0 Å². The van der Waals surface area contributed by atoms with E-state index < -0.39 is 10.7 Å². The highest BCUT2D eigenvalue weighted by atomic mass is 79.9. The van der Waals surface area contributed by atoms with Crippen LogP contribution in [0.2, 0.25) is 0 Å². The second-order valence-electron chi connectivity index (χ2n) is 3.82. The van der Waals surface area contributed by atoms with Gasteiger partial charge in [-0.3, -0.25) is 10.1 Å². The molecule has 0 atom stereocenters. The molecule has 0 spiro atoms. The Labute approximate surface area is 121 Å². The average Bonchev–Trinajstić information content (AvgIpc) is 2.41. The number of hydrogen-bond donors (Lipinski definition) is 1. The summed E-state index contributed by atoms with van der Waals surface area (Å²) in [6, 6.07) is 10.2. The van der Waals surface area contributed by atoms with Crippen LogP contribution in [0.15, 0.2) is 40.9 Å². The van der Waals surface area contributed by atoms with E-state index in [1.165, 1.54) is 24.3 Å². The lowest BCUT2D eigenvalue weighted by Crippen LogP contribution is -1.99. The van der Waals surface area contributed by atoms with Crippen molar-refractivity contribution >= 4 is 33.0 Å². The number of anilines is 2. The van der Waals surface area contributed by atoms with Crippen LogP contribution in [0.1, 0.15) is 5.56 Å². The third-order valence-electron chi connectivity index (χ3n) is 2.55. The zero-order valence-electron chi connectivity index (χ0n) is 9.93. The Morgan fingerprint density at radius 1 is 1.30 bits per heavy atom. The standard InChI is InChI=1S/C13H7BrFN3O2/c14-8-4-5-12(13(6-8)18(19)20)17-11-3-1-2-10(15)9(11)7-16/h1-6,17H. The fourth-order valence-electron chi connectivity index (χ4n) is 1.65. The molecule has 2 rings (SSSR count). The number of rotatable bonds is 3. The van der Waals surface area contributed by atoms with Crippen molar-refractivity contribution in [3.05, 3.63) is 62.4 Å². The second kappa shape index (κ2) is 5.67. The summed E-state index contributed by atoms with van der Waals surface area (Å²) in [5, 5.41) is 22.6. The molecule has 20 heavy (non-hydrogen) atoms. The molecule has 0 bridgehead atoms. The smallest absolute Gasteiger partial charge is 0.293 e. The summed E-state index contributed by atoms with van der Waals surface area (Å²) in [4.78, 5) is 10.4. The molecule has 0 radical (unpaired) electrons. The van der Waals surface area contributed by atoms with E-state index in [-0.39, 0.29) is 22.6 Å². The second-order valence-corrected chi connectivity index (χ2v) is 4.73. The van der Waals surface area contributed by atoms with Crippen molar-refractivity contribution in [2.75, 3.05) is 5.32 Å². The minimum Gasteiger partial charge on any atom is -0.349 e. The minimum atomic E-state index is -0.683. The average molecular weight is 336 g/mol. The molecular formula is C13H7BrFN3O2. The van der Waals surface area contributed by atoms with Gasteiger partial charge in [-0.25, -0.2) is 4.39 Å². The van der Waals surface area contributed by atoms with Gasteiger partial charge < -0.3 is 5.32 Å². The molecule has 0 fully saturated rings. The SMILES string of the molecule is N#Cc1c(F)cccc1Nc1ccc(Br)cc1[N+](=O)[O-]. The zero-order chi connectivity index (χ0) is 14.7. The Kier molecular flexibility index (Phi) is 3.96.